The first-order chi connectivity index (χ1) is 12.2. The molecule has 1 aliphatic rings. The number of nitrogens with zero attached hydrogens (tertiary/aromatic N) is 1. The minimum absolute atomic E-state index is 0.177. The molecule has 3 rings (SSSR count). The Bertz CT molecular complexity index is 846. The van der Waals surface area contributed by atoms with Crippen molar-refractivity contribution in [3.05, 3.63) is 59.0 Å². The number of para-hydroxylation sites is 3. The van der Waals surface area contributed by atoms with E-state index in [0.717, 1.165) is 11.3 Å². The third-order valence-corrected chi connectivity index (χ3v) is 4.37. The van der Waals surface area contributed by atoms with Gasteiger partial charge >= 0.3 is 0 Å². The molecule has 1 aliphatic heterocycles. The molecule has 1 amide bonds. The van der Waals surface area contributed by atoms with Gasteiger partial charge in [-0.05, 0) is 43.0 Å². The highest BCUT2D eigenvalue weighted by molar-refractivity contribution is 8.18. The summed E-state index contributed by atoms with van der Waals surface area (Å²) in [6.45, 7) is 2.48. The van der Waals surface area contributed by atoms with Gasteiger partial charge < -0.3 is 14.8 Å². The second kappa shape index (κ2) is 7.90. The van der Waals surface area contributed by atoms with Gasteiger partial charge in [0.05, 0.1) is 18.6 Å². The molecule has 0 aliphatic carbocycles. The van der Waals surface area contributed by atoms with Crippen LogP contribution in [0, 0.1) is 0 Å². The van der Waals surface area contributed by atoms with Crippen LogP contribution < -0.4 is 14.8 Å². The number of hydrogen-bond donors (Lipinski definition) is 1. The van der Waals surface area contributed by atoms with Crippen LogP contribution in [0.5, 0.6) is 11.5 Å². The Morgan fingerprint density at radius 2 is 1.84 bits per heavy atom. The van der Waals surface area contributed by atoms with Gasteiger partial charge in [0.2, 0.25) is 0 Å². The summed E-state index contributed by atoms with van der Waals surface area (Å²) >= 11 is 1.29. The van der Waals surface area contributed by atoms with Gasteiger partial charge in [-0.15, -0.1) is 0 Å². The molecule has 0 bridgehead atoms. The Kier molecular flexibility index (Phi) is 5.40. The maximum Gasteiger partial charge on any atom is 0.264 e. The molecular formula is C19H18N2O3S. The predicted molar refractivity (Wildman–Crippen MR) is 101 cm³/mol. The Morgan fingerprint density at radius 3 is 2.60 bits per heavy atom. The lowest BCUT2D eigenvalue weighted by atomic mass is 10.2. The normalized spacial score (nSPS) is 17.0. The quantitative estimate of drug-likeness (QED) is 0.825. The molecule has 2 aromatic rings. The lowest BCUT2D eigenvalue weighted by Gasteiger charge is -2.06. The molecule has 1 N–H and O–H groups in total. The van der Waals surface area contributed by atoms with E-state index in [9.17, 15) is 4.79 Å². The number of hydrogen-bond acceptors (Lipinski definition) is 5. The zero-order chi connectivity index (χ0) is 17.6. The van der Waals surface area contributed by atoms with Crippen molar-refractivity contribution in [1.82, 2.24) is 5.32 Å². The van der Waals surface area contributed by atoms with Crippen LogP contribution >= 0.6 is 11.8 Å². The predicted octanol–water partition coefficient (Wildman–Crippen LogP) is 3.99. The molecule has 0 aromatic heterocycles. The van der Waals surface area contributed by atoms with Gasteiger partial charge in [-0.3, -0.25) is 4.79 Å². The highest BCUT2D eigenvalue weighted by Crippen LogP contribution is 2.33. The molecule has 1 fully saturated rings. The van der Waals surface area contributed by atoms with E-state index in [1.807, 2.05) is 55.5 Å². The minimum atomic E-state index is -0.177. The van der Waals surface area contributed by atoms with Crippen LogP contribution in [0.15, 0.2) is 58.4 Å². The molecule has 2 aromatic carbocycles. The number of nitrogens with one attached hydrogen (secondary N) is 1. The molecule has 5 nitrogen and oxygen atoms in total. The van der Waals surface area contributed by atoms with Crippen LogP contribution in [0.4, 0.5) is 5.69 Å². The molecule has 0 radical (unpaired) electrons. The summed E-state index contributed by atoms with van der Waals surface area (Å²) in [5, 5.41) is 3.32. The van der Waals surface area contributed by atoms with E-state index in [0.29, 0.717) is 28.1 Å². The van der Waals surface area contributed by atoms with E-state index < -0.39 is 0 Å². The zero-order valence-corrected chi connectivity index (χ0v) is 14.8. The third-order valence-electron chi connectivity index (χ3n) is 3.46. The summed E-state index contributed by atoms with van der Waals surface area (Å²) in [4.78, 5) is 17.3. The van der Waals surface area contributed by atoms with Gasteiger partial charge in [-0.2, -0.15) is 0 Å². The molecular weight excluding hydrogens is 336 g/mol. The van der Waals surface area contributed by atoms with Crippen molar-refractivity contribution in [2.75, 3.05) is 13.7 Å². The number of benzene rings is 2. The number of aliphatic imine (C=N–C) groups is 1. The maximum absolute atomic E-state index is 12.2. The lowest BCUT2D eigenvalue weighted by molar-refractivity contribution is -0.115. The second-order valence-electron chi connectivity index (χ2n) is 5.12. The van der Waals surface area contributed by atoms with Crippen LogP contribution in [-0.2, 0) is 4.79 Å². The van der Waals surface area contributed by atoms with E-state index >= 15 is 0 Å². The Hall–Kier alpha value is -2.73. The number of ether oxygens (including phenoxy) is 2. The average molecular weight is 354 g/mol. The van der Waals surface area contributed by atoms with Crippen molar-refractivity contribution in [2.24, 2.45) is 4.99 Å². The fourth-order valence-electron chi connectivity index (χ4n) is 2.34. The molecule has 0 spiro atoms. The van der Waals surface area contributed by atoms with Crippen molar-refractivity contribution >= 4 is 34.6 Å². The summed E-state index contributed by atoms with van der Waals surface area (Å²) in [7, 11) is 1.61. The van der Waals surface area contributed by atoms with Gasteiger partial charge in [0.15, 0.2) is 5.17 Å². The van der Waals surface area contributed by atoms with Crippen molar-refractivity contribution in [3.63, 3.8) is 0 Å². The van der Waals surface area contributed by atoms with Crippen LogP contribution in [0.2, 0.25) is 0 Å². The molecule has 0 atom stereocenters. The molecule has 0 saturated carbocycles. The molecule has 0 unspecified atom stereocenters. The molecule has 25 heavy (non-hydrogen) atoms. The highest BCUT2D eigenvalue weighted by Gasteiger charge is 2.24. The van der Waals surface area contributed by atoms with E-state index in [-0.39, 0.29) is 5.91 Å². The number of rotatable bonds is 5. The van der Waals surface area contributed by atoms with E-state index in [2.05, 4.69) is 10.3 Å². The van der Waals surface area contributed by atoms with Crippen LogP contribution in [0.25, 0.3) is 6.08 Å². The summed E-state index contributed by atoms with van der Waals surface area (Å²) in [6.07, 6.45) is 1.80. The monoisotopic (exact) mass is 354 g/mol. The van der Waals surface area contributed by atoms with Gasteiger partial charge in [-0.1, -0.05) is 30.3 Å². The van der Waals surface area contributed by atoms with Crippen molar-refractivity contribution in [3.8, 4) is 11.5 Å². The Balaban J connectivity index is 1.87. The molecule has 6 heteroatoms. The number of amidine groups is 1. The smallest absolute Gasteiger partial charge is 0.264 e. The standard InChI is InChI=1S/C19H18N2O3S/c1-3-24-16-11-7-5-9-14(16)20-19-21-18(22)17(25-19)12-13-8-4-6-10-15(13)23-2/h4-12H,3H2,1-2H3,(H,20,21,22)/b17-12-. The van der Waals surface area contributed by atoms with Gasteiger partial charge in [0.1, 0.15) is 17.2 Å². The van der Waals surface area contributed by atoms with Gasteiger partial charge in [0.25, 0.3) is 5.91 Å². The Morgan fingerprint density at radius 1 is 1.12 bits per heavy atom. The first-order valence-corrected chi connectivity index (χ1v) is 8.67. The number of carbonyl (C=O) groups excluding carboxylic acids is 1. The van der Waals surface area contributed by atoms with Gasteiger partial charge in [0, 0.05) is 5.56 Å². The number of carbonyl (C=O) groups is 1. The summed E-state index contributed by atoms with van der Waals surface area (Å²) in [5.41, 5.74) is 1.53. The maximum atomic E-state index is 12.2. The van der Waals surface area contributed by atoms with Crippen LogP contribution in [0.1, 0.15) is 12.5 Å². The largest absolute Gasteiger partial charge is 0.496 e. The lowest BCUT2D eigenvalue weighted by Crippen LogP contribution is -2.19. The second-order valence-corrected chi connectivity index (χ2v) is 6.16. The van der Waals surface area contributed by atoms with Crippen molar-refractivity contribution < 1.29 is 14.3 Å². The van der Waals surface area contributed by atoms with E-state index in [1.165, 1.54) is 11.8 Å². The topological polar surface area (TPSA) is 59.9 Å². The number of methoxy groups -OCH3 is 1. The van der Waals surface area contributed by atoms with Crippen LogP contribution in [-0.4, -0.2) is 24.8 Å². The minimum Gasteiger partial charge on any atom is -0.496 e. The first-order valence-electron chi connectivity index (χ1n) is 7.85. The fourth-order valence-corrected chi connectivity index (χ4v) is 3.17. The Labute approximate surface area is 150 Å². The third kappa shape index (κ3) is 4.03. The van der Waals surface area contributed by atoms with E-state index in [4.69, 9.17) is 9.47 Å². The number of amides is 1. The SMILES string of the molecule is CCOc1ccccc1N=C1NC(=O)/C(=C/c2ccccc2OC)S1. The average Bonchev–Trinajstić information content (AvgIpc) is 2.96. The summed E-state index contributed by atoms with van der Waals surface area (Å²) < 4.78 is 10.9. The van der Waals surface area contributed by atoms with Gasteiger partial charge in [-0.25, -0.2) is 4.99 Å². The van der Waals surface area contributed by atoms with E-state index in [1.54, 1.807) is 13.2 Å². The molecule has 1 saturated heterocycles. The zero-order valence-electron chi connectivity index (χ0n) is 14.0. The first kappa shape index (κ1) is 17.1. The molecule has 128 valence electrons. The number of thioether (sulfide) groups is 1. The fraction of sp³-hybridized carbons (Fsp3) is 0.158. The van der Waals surface area contributed by atoms with Crippen molar-refractivity contribution in [2.45, 2.75) is 6.92 Å². The molecule has 1 heterocycles. The highest BCUT2D eigenvalue weighted by atomic mass is 32.2. The summed E-state index contributed by atoms with van der Waals surface area (Å²) in [5.74, 6) is 1.23. The van der Waals surface area contributed by atoms with Crippen LogP contribution in [0.3, 0.4) is 0 Å². The summed E-state index contributed by atoms with van der Waals surface area (Å²) in [6, 6.07) is 15.0. The van der Waals surface area contributed by atoms with Crippen molar-refractivity contribution in [1.29, 1.82) is 0 Å².